The van der Waals surface area contributed by atoms with Crippen molar-refractivity contribution in [3.63, 3.8) is 0 Å². The molecule has 0 saturated carbocycles. The molecule has 3 aromatic carbocycles. The van der Waals surface area contributed by atoms with E-state index in [0.717, 1.165) is 47.9 Å². The highest BCUT2D eigenvalue weighted by Crippen LogP contribution is 2.43. The smallest absolute Gasteiger partial charge is 0.322 e. The van der Waals surface area contributed by atoms with Crippen LogP contribution in [0.15, 0.2) is 66.7 Å². The molecule has 0 spiro atoms. The summed E-state index contributed by atoms with van der Waals surface area (Å²) in [5.74, 6) is -1.83. The number of esters is 1. The van der Waals surface area contributed by atoms with Crippen LogP contribution < -0.4 is 15.4 Å². The molecule has 7 nitrogen and oxygen atoms in total. The Morgan fingerprint density at radius 1 is 0.833 bits per heavy atom. The zero-order valence-corrected chi connectivity index (χ0v) is 20.3. The number of aromatic hydroxyl groups is 1. The number of carbonyl (C=O) groups is 3. The SMILES string of the molecule is CCCCCCCC(=O)Oc1cccc(O)c1C(=O)NC(=O)NC1c2ccccc2-c2ccccc21. The van der Waals surface area contributed by atoms with Gasteiger partial charge in [-0.15, -0.1) is 0 Å². The van der Waals surface area contributed by atoms with E-state index in [1.165, 1.54) is 18.2 Å². The number of nitrogens with one attached hydrogen (secondary N) is 2. The van der Waals surface area contributed by atoms with E-state index < -0.39 is 23.9 Å². The van der Waals surface area contributed by atoms with Gasteiger partial charge in [-0.2, -0.15) is 0 Å². The average molecular weight is 487 g/mol. The molecule has 36 heavy (non-hydrogen) atoms. The van der Waals surface area contributed by atoms with Gasteiger partial charge in [-0.3, -0.25) is 14.9 Å². The van der Waals surface area contributed by atoms with Crippen LogP contribution in [0.4, 0.5) is 4.79 Å². The second-order valence-corrected chi connectivity index (χ2v) is 8.82. The Bertz CT molecular complexity index is 1220. The van der Waals surface area contributed by atoms with Crippen LogP contribution in [0.25, 0.3) is 11.1 Å². The maximum absolute atomic E-state index is 13.0. The molecule has 0 saturated heterocycles. The number of hydrogen-bond donors (Lipinski definition) is 3. The molecule has 3 amide bonds. The summed E-state index contributed by atoms with van der Waals surface area (Å²) < 4.78 is 5.37. The van der Waals surface area contributed by atoms with Gasteiger partial charge in [-0.05, 0) is 40.8 Å². The molecule has 1 aliphatic carbocycles. The van der Waals surface area contributed by atoms with E-state index in [9.17, 15) is 19.5 Å². The Labute approximate surface area is 210 Å². The van der Waals surface area contributed by atoms with Crippen molar-refractivity contribution in [2.45, 2.75) is 51.5 Å². The largest absolute Gasteiger partial charge is 0.507 e. The van der Waals surface area contributed by atoms with Gasteiger partial charge in [0.25, 0.3) is 5.91 Å². The third kappa shape index (κ3) is 5.57. The summed E-state index contributed by atoms with van der Waals surface area (Å²) in [5, 5.41) is 15.4. The molecule has 0 aliphatic heterocycles. The number of rotatable bonds is 9. The first-order chi connectivity index (χ1) is 17.5. The number of benzene rings is 3. The monoisotopic (exact) mass is 486 g/mol. The molecule has 0 atom stereocenters. The van der Waals surface area contributed by atoms with Crippen LogP contribution >= 0.6 is 0 Å². The second kappa shape index (κ2) is 11.5. The van der Waals surface area contributed by atoms with Crippen molar-refractivity contribution >= 4 is 17.9 Å². The van der Waals surface area contributed by atoms with Crippen molar-refractivity contribution in [1.29, 1.82) is 0 Å². The third-order valence-electron chi connectivity index (χ3n) is 6.28. The third-order valence-corrected chi connectivity index (χ3v) is 6.28. The first-order valence-electron chi connectivity index (χ1n) is 12.3. The summed E-state index contributed by atoms with van der Waals surface area (Å²) in [6.07, 6.45) is 5.09. The average Bonchev–Trinajstić information content (AvgIpc) is 3.17. The molecule has 3 aromatic rings. The second-order valence-electron chi connectivity index (χ2n) is 8.82. The van der Waals surface area contributed by atoms with Crippen molar-refractivity contribution in [2.24, 2.45) is 0 Å². The standard InChI is InChI=1S/C29H30N2O5/c1-2-3-4-5-6-18-25(33)36-24-17-11-16-23(32)26(24)28(34)31-29(35)30-27-21-14-9-7-12-19(21)20-13-8-10-15-22(20)27/h7-17,27,32H,2-6,18H2,1H3,(H2,30,31,34,35). The number of urea groups is 1. The number of hydrogen-bond acceptors (Lipinski definition) is 5. The molecule has 1 aliphatic rings. The molecule has 0 bridgehead atoms. The number of ether oxygens (including phenoxy) is 1. The summed E-state index contributed by atoms with van der Waals surface area (Å²) in [4.78, 5) is 38.1. The summed E-state index contributed by atoms with van der Waals surface area (Å²) >= 11 is 0. The van der Waals surface area contributed by atoms with Crippen LogP contribution in [-0.4, -0.2) is 23.0 Å². The van der Waals surface area contributed by atoms with Crippen molar-refractivity contribution in [3.8, 4) is 22.6 Å². The fraction of sp³-hybridized carbons (Fsp3) is 0.276. The topological polar surface area (TPSA) is 105 Å². The van der Waals surface area contributed by atoms with E-state index in [2.05, 4.69) is 17.6 Å². The van der Waals surface area contributed by atoms with Gasteiger partial charge in [0.15, 0.2) is 0 Å². The van der Waals surface area contributed by atoms with Crippen molar-refractivity contribution in [2.75, 3.05) is 0 Å². The fourth-order valence-corrected chi connectivity index (χ4v) is 4.52. The Kier molecular flexibility index (Phi) is 8.00. The number of imide groups is 1. The summed E-state index contributed by atoms with van der Waals surface area (Å²) in [6.45, 7) is 2.12. The summed E-state index contributed by atoms with van der Waals surface area (Å²) in [6, 6.07) is 18.6. The molecule has 0 heterocycles. The fourth-order valence-electron chi connectivity index (χ4n) is 4.52. The van der Waals surface area contributed by atoms with Crippen LogP contribution in [-0.2, 0) is 4.79 Å². The van der Waals surface area contributed by atoms with Gasteiger partial charge in [0.05, 0.1) is 6.04 Å². The Balaban J connectivity index is 1.43. The Hall–Kier alpha value is -4.13. The van der Waals surface area contributed by atoms with Crippen LogP contribution in [0.5, 0.6) is 11.5 Å². The quantitative estimate of drug-likeness (QED) is 0.199. The summed E-state index contributed by atoms with van der Waals surface area (Å²) in [5.41, 5.74) is 3.64. The number of carbonyl (C=O) groups excluding carboxylic acids is 3. The van der Waals surface area contributed by atoms with Gasteiger partial charge in [0.1, 0.15) is 17.1 Å². The number of phenols is 1. The van der Waals surface area contributed by atoms with E-state index in [1.807, 2.05) is 48.5 Å². The van der Waals surface area contributed by atoms with Gasteiger partial charge in [0.2, 0.25) is 0 Å². The lowest BCUT2D eigenvalue weighted by atomic mass is 10.1. The zero-order chi connectivity index (χ0) is 25.5. The Morgan fingerprint density at radius 3 is 2.14 bits per heavy atom. The van der Waals surface area contributed by atoms with Gasteiger partial charge < -0.3 is 15.2 Å². The van der Waals surface area contributed by atoms with Crippen LogP contribution in [0.1, 0.15) is 73.0 Å². The minimum absolute atomic E-state index is 0.0876. The molecule has 186 valence electrons. The Morgan fingerprint density at radius 2 is 1.47 bits per heavy atom. The van der Waals surface area contributed by atoms with E-state index >= 15 is 0 Å². The highest BCUT2D eigenvalue weighted by Gasteiger charge is 2.30. The van der Waals surface area contributed by atoms with Crippen molar-refractivity contribution in [3.05, 3.63) is 83.4 Å². The molecule has 0 aromatic heterocycles. The van der Waals surface area contributed by atoms with Gasteiger partial charge in [-0.25, -0.2) is 4.79 Å². The lowest BCUT2D eigenvalue weighted by molar-refractivity contribution is -0.134. The molecular weight excluding hydrogens is 456 g/mol. The van der Waals surface area contributed by atoms with E-state index in [1.54, 1.807) is 0 Å². The van der Waals surface area contributed by atoms with E-state index in [-0.39, 0.29) is 23.5 Å². The molecule has 0 fully saturated rings. The predicted molar refractivity (Wildman–Crippen MR) is 137 cm³/mol. The summed E-state index contributed by atoms with van der Waals surface area (Å²) in [7, 11) is 0. The number of fused-ring (bicyclic) bond motifs is 3. The molecule has 0 unspecified atom stereocenters. The van der Waals surface area contributed by atoms with Crippen LogP contribution in [0, 0.1) is 0 Å². The number of unbranched alkanes of at least 4 members (excludes halogenated alkanes) is 4. The zero-order valence-electron chi connectivity index (χ0n) is 20.3. The molecule has 3 N–H and O–H groups in total. The van der Waals surface area contributed by atoms with Gasteiger partial charge in [0, 0.05) is 6.42 Å². The molecule has 4 rings (SSSR count). The maximum atomic E-state index is 13.0. The maximum Gasteiger partial charge on any atom is 0.322 e. The molecular formula is C29H30N2O5. The highest BCUT2D eigenvalue weighted by atomic mass is 16.5. The first-order valence-corrected chi connectivity index (χ1v) is 12.3. The minimum atomic E-state index is -0.865. The first kappa shape index (κ1) is 25.0. The van der Waals surface area contributed by atoms with Crippen LogP contribution in [0.3, 0.4) is 0 Å². The van der Waals surface area contributed by atoms with E-state index in [4.69, 9.17) is 4.74 Å². The minimum Gasteiger partial charge on any atom is -0.507 e. The normalized spacial score (nSPS) is 11.9. The predicted octanol–water partition coefficient (Wildman–Crippen LogP) is 5.87. The molecule has 0 radical (unpaired) electrons. The van der Waals surface area contributed by atoms with Gasteiger partial charge >= 0.3 is 12.0 Å². The van der Waals surface area contributed by atoms with Crippen molar-refractivity contribution < 1.29 is 24.2 Å². The lowest BCUT2D eigenvalue weighted by Gasteiger charge is -2.17. The highest BCUT2D eigenvalue weighted by molar-refractivity contribution is 6.08. The van der Waals surface area contributed by atoms with E-state index in [0.29, 0.717) is 6.42 Å². The van der Waals surface area contributed by atoms with Crippen LogP contribution in [0.2, 0.25) is 0 Å². The lowest BCUT2D eigenvalue weighted by Crippen LogP contribution is -2.41. The van der Waals surface area contributed by atoms with Gasteiger partial charge in [-0.1, -0.05) is 87.2 Å². The molecule has 7 heteroatoms. The van der Waals surface area contributed by atoms with Crippen molar-refractivity contribution in [1.82, 2.24) is 10.6 Å². The number of phenolic OH excluding ortho intramolecular Hbond substituents is 1. The number of amides is 3.